The van der Waals surface area contributed by atoms with Crippen molar-refractivity contribution in [1.82, 2.24) is 0 Å². The first-order chi connectivity index (χ1) is 9.33. The number of carbonyl (C=O) groups excluding carboxylic acids is 1. The lowest BCUT2D eigenvalue weighted by molar-refractivity contribution is -0.116. The molecule has 0 aromatic heterocycles. The van der Waals surface area contributed by atoms with E-state index in [0.717, 1.165) is 5.69 Å². The van der Waals surface area contributed by atoms with Crippen LogP contribution in [0.2, 0.25) is 0 Å². The summed E-state index contributed by atoms with van der Waals surface area (Å²) in [6, 6.07) is 17.8. The van der Waals surface area contributed by atoms with Gasteiger partial charge in [-0.05, 0) is 23.3 Å². The quantitative estimate of drug-likeness (QED) is 0.880. The molecule has 19 heavy (non-hydrogen) atoms. The van der Waals surface area contributed by atoms with Gasteiger partial charge in [0.25, 0.3) is 0 Å². The van der Waals surface area contributed by atoms with Gasteiger partial charge in [-0.15, -0.1) is 0 Å². The molecule has 0 saturated heterocycles. The maximum atomic E-state index is 12.0. The fourth-order valence-electron chi connectivity index (χ4n) is 2.44. The number of rotatable bonds is 3. The Balaban J connectivity index is 1.67. The molecule has 1 aliphatic carbocycles. The van der Waals surface area contributed by atoms with Crippen molar-refractivity contribution in [3.63, 3.8) is 0 Å². The van der Waals surface area contributed by atoms with Gasteiger partial charge in [-0.1, -0.05) is 54.6 Å². The third-order valence-corrected chi connectivity index (χ3v) is 3.37. The first-order valence-corrected chi connectivity index (χ1v) is 6.45. The molecular formula is C17H15NO. The Morgan fingerprint density at radius 1 is 1.00 bits per heavy atom. The molecule has 1 unspecified atom stereocenters. The Morgan fingerprint density at radius 2 is 1.74 bits per heavy atom. The lowest BCUT2D eigenvalue weighted by Gasteiger charge is -2.11. The van der Waals surface area contributed by atoms with E-state index in [1.165, 1.54) is 11.1 Å². The Kier molecular flexibility index (Phi) is 3.15. The average molecular weight is 249 g/mol. The van der Waals surface area contributed by atoms with Crippen molar-refractivity contribution in [1.29, 1.82) is 0 Å². The van der Waals surface area contributed by atoms with Crippen LogP contribution in [0.25, 0.3) is 6.08 Å². The Hall–Kier alpha value is -2.35. The van der Waals surface area contributed by atoms with E-state index in [0.29, 0.717) is 6.42 Å². The number of para-hydroxylation sites is 1. The number of anilines is 1. The van der Waals surface area contributed by atoms with Crippen molar-refractivity contribution in [2.45, 2.75) is 12.3 Å². The summed E-state index contributed by atoms with van der Waals surface area (Å²) >= 11 is 0. The minimum Gasteiger partial charge on any atom is -0.326 e. The summed E-state index contributed by atoms with van der Waals surface area (Å²) in [5.41, 5.74) is 3.31. The highest BCUT2D eigenvalue weighted by molar-refractivity contribution is 5.91. The highest BCUT2D eigenvalue weighted by Crippen LogP contribution is 2.32. The van der Waals surface area contributed by atoms with Crippen LogP contribution in [-0.2, 0) is 4.79 Å². The van der Waals surface area contributed by atoms with E-state index in [-0.39, 0.29) is 11.8 Å². The number of hydrogen-bond donors (Lipinski definition) is 1. The minimum atomic E-state index is 0.0533. The third kappa shape index (κ3) is 2.58. The zero-order valence-electron chi connectivity index (χ0n) is 10.5. The average Bonchev–Trinajstić information content (AvgIpc) is 2.83. The van der Waals surface area contributed by atoms with Crippen LogP contribution in [0.15, 0.2) is 60.7 Å². The van der Waals surface area contributed by atoms with Gasteiger partial charge in [0.05, 0.1) is 0 Å². The van der Waals surface area contributed by atoms with E-state index in [2.05, 4.69) is 29.6 Å². The number of nitrogens with one attached hydrogen (secondary N) is 1. The maximum absolute atomic E-state index is 12.0. The lowest BCUT2D eigenvalue weighted by atomic mass is 9.97. The second-order valence-corrected chi connectivity index (χ2v) is 4.71. The van der Waals surface area contributed by atoms with Crippen molar-refractivity contribution < 1.29 is 4.79 Å². The van der Waals surface area contributed by atoms with Crippen molar-refractivity contribution in [3.05, 3.63) is 71.8 Å². The predicted molar refractivity (Wildman–Crippen MR) is 77.9 cm³/mol. The number of benzene rings is 2. The summed E-state index contributed by atoms with van der Waals surface area (Å²) in [5, 5.41) is 2.93. The summed E-state index contributed by atoms with van der Waals surface area (Å²) in [6.07, 6.45) is 4.69. The fraction of sp³-hybridized carbons (Fsp3) is 0.118. The Labute approximate surface area is 112 Å². The van der Waals surface area contributed by atoms with Crippen LogP contribution in [0.3, 0.4) is 0 Å². The molecule has 2 aromatic rings. The number of amides is 1. The van der Waals surface area contributed by atoms with E-state index >= 15 is 0 Å². The zero-order chi connectivity index (χ0) is 13.1. The van der Waals surface area contributed by atoms with E-state index in [4.69, 9.17) is 0 Å². The van der Waals surface area contributed by atoms with Crippen LogP contribution >= 0.6 is 0 Å². The highest BCUT2D eigenvalue weighted by atomic mass is 16.1. The lowest BCUT2D eigenvalue weighted by Crippen LogP contribution is -2.14. The molecular weight excluding hydrogens is 234 g/mol. The fourth-order valence-corrected chi connectivity index (χ4v) is 2.44. The van der Waals surface area contributed by atoms with Crippen molar-refractivity contribution >= 4 is 17.7 Å². The summed E-state index contributed by atoms with van der Waals surface area (Å²) in [5.74, 6) is 0.248. The van der Waals surface area contributed by atoms with Gasteiger partial charge in [-0.3, -0.25) is 4.79 Å². The molecule has 0 spiro atoms. The summed E-state index contributed by atoms with van der Waals surface area (Å²) in [7, 11) is 0. The van der Waals surface area contributed by atoms with E-state index in [9.17, 15) is 4.79 Å². The molecule has 2 aromatic carbocycles. The standard InChI is InChI=1S/C17H15NO/c19-17(18-15-7-2-1-3-8-15)12-14-11-10-13-6-4-5-9-16(13)14/h1-11,14H,12H2,(H,18,19). The monoisotopic (exact) mass is 249 g/mol. The smallest absolute Gasteiger partial charge is 0.225 e. The molecule has 3 rings (SSSR count). The van der Waals surface area contributed by atoms with Crippen molar-refractivity contribution in [2.24, 2.45) is 0 Å². The zero-order valence-corrected chi connectivity index (χ0v) is 10.5. The molecule has 2 nitrogen and oxygen atoms in total. The van der Waals surface area contributed by atoms with Crippen LogP contribution in [0.4, 0.5) is 5.69 Å². The summed E-state index contributed by atoms with van der Waals surface area (Å²) in [6.45, 7) is 0. The molecule has 0 radical (unpaired) electrons. The van der Waals surface area contributed by atoms with Gasteiger partial charge in [0.15, 0.2) is 0 Å². The molecule has 1 aliphatic rings. The van der Waals surface area contributed by atoms with E-state index in [1.54, 1.807) is 0 Å². The van der Waals surface area contributed by atoms with Crippen LogP contribution in [0.5, 0.6) is 0 Å². The SMILES string of the molecule is O=C(CC1C=Cc2ccccc21)Nc1ccccc1. The van der Waals surface area contributed by atoms with Crippen LogP contribution < -0.4 is 5.32 Å². The number of carbonyl (C=O) groups is 1. The third-order valence-electron chi connectivity index (χ3n) is 3.37. The maximum Gasteiger partial charge on any atom is 0.225 e. The molecule has 1 N–H and O–H groups in total. The first kappa shape index (κ1) is 11.7. The molecule has 0 heterocycles. The van der Waals surface area contributed by atoms with E-state index < -0.39 is 0 Å². The number of fused-ring (bicyclic) bond motifs is 1. The van der Waals surface area contributed by atoms with E-state index in [1.807, 2.05) is 42.5 Å². The van der Waals surface area contributed by atoms with Crippen molar-refractivity contribution in [2.75, 3.05) is 5.32 Å². The summed E-state index contributed by atoms with van der Waals surface area (Å²) in [4.78, 5) is 12.0. The van der Waals surface area contributed by atoms with Gasteiger partial charge in [-0.25, -0.2) is 0 Å². The van der Waals surface area contributed by atoms with Crippen LogP contribution in [-0.4, -0.2) is 5.91 Å². The topological polar surface area (TPSA) is 29.1 Å². The molecule has 94 valence electrons. The normalized spacial score (nSPS) is 16.1. The molecule has 0 fully saturated rings. The van der Waals surface area contributed by atoms with Gasteiger partial charge in [0, 0.05) is 18.0 Å². The van der Waals surface area contributed by atoms with Gasteiger partial charge in [0.2, 0.25) is 5.91 Å². The Bertz CT molecular complexity index is 616. The Morgan fingerprint density at radius 3 is 2.58 bits per heavy atom. The van der Waals surface area contributed by atoms with Crippen molar-refractivity contribution in [3.8, 4) is 0 Å². The van der Waals surface area contributed by atoms with Gasteiger partial charge < -0.3 is 5.32 Å². The molecule has 0 aliphatic heterocycles. The highest BCUT2D eigenvalue weighted by Gasteiger charge is 2.19. The first-order valence-electron chi connectivity index (χ1n) is 6.45. The predicted octanol–water partition coefficient (Wildman–Crippen LogP) is 3.83. The molecule has 1 amide bonds. The van der Waals surface area contributed by atoms with Gasteiger partial charge in [0.1, 0.15) is 0 Å². The molecule has 1 atom stereocenters. The van der Waals surface area contributed by atoms with Crippen LogP contribution in [0.1, 0.15) is 23.5 Å². The molecule has 2 heteroatoms. The van der Waals surface area contributed by atoms with Gasteiger partial charge >= 0.3 is 0 Å². The number of allylic oxidation sites excluding steroid dienone is 1. The second kappa shape index (κ2) is 5.11. The second-order valence-electron chi connectivity index (χ2n) is 4.71. The molecule has 0 saturated carbocycles. The van der Waals surface area contributed by atoms with Gasteiger partial charge in [-0.2, -0.15) is 0 Å². The molecule has 0 bridgehead atoms. The number of hydrogen-bond acceptors (Lipinski definition) is 1. The summed E-state index contributed by atoms with van der Waals surface area (Å²) < 4.78 is 0. The largest absolute Gasteiger partial charge is 0.326 e. The minimum absolute atomic E-state index is 0.0533. The van der Waals surface area contributed by atoms with Crippen LogP contribution in [0, 0.1) is 0 Å².